The molecule has 1 N–H and O–H groups in total. The van der Waals surface area contributed by atoms with E-state index in [-0.39, 0.29) is 5.91 Å². The number of hydrogen-bond donors (Lipinski definition) is 1. The Kier molecular flexibility index (Phi) is 5.85. The molecule has 162 valence electrons. The van der Waals surface area contributed by atoms with Crippen LogP contribution in [0.25, 0.3) is 33.4 Å². The van der Waals surface area contributed by atoms with Crippen molar-refractivity contribution in [1.29, 1.82) is 0 Å². The Morgan fingerprint density at radius 1 is 0.909 bits per heavy atom. The quantitative estimate of drug-likeness (QED) is 0.279. The molecular formula is C26H17Cl2N3OS. The molecule has 7 heteroatoms. The number of aryl methyl sites for hydroxylation is 1. The summed E-state index contributed by atoms with van der Waals surface area (Å²) in [5.41, 5.74) is 5.57. The molecule has 33 heavy (non-hydrogen) atoms. The molecule has 0 spiro atoms. The first-order valence-electron chi connectivity index (χ1n) is 10.2. The van der Waals surface area contributed by atoms with Crippen LogP contribution in [0.2, 0.25) is 10.0 Å². The number of halogens is 2. The van der Waals surface area contributed by atoms with E-state index in [1.54, 1.807) is 12.1 Å². The average Bonchev–Trinajstić information content (AvgIpc) is 3.26. The number of para-hydroxylation sites is 1. The first-order valence-corrected chi connectivity index (χ1v) is 11.8. The molecule has 0 bridgehead atoms. The predicted molar refractivity (Wildman–Crippen MR) is 137 cm³/mol. The Hall–Kier alpha value is -3.25. The van der Waals surface area contributed by atoms with Gasteiger partial charge in [-0.2, -0.15) is 0 Å². The summed E-state index contributed by atoms with van der Waals surface area (Å²) in [5.74, 6) is -0.245. The number of amides is 1. The van der Waals surface area contributed by atoms with E-state index < -0.39 is 0 Å². The number of rotatable bonds is 4. The normalized spacial score (nSPS) is 11.0. The highest BCUT2D eigenvalue weighted by Crippen LogP contribution is 2.33. The molecule has 0 aliphatic rings. The van der Waals surface area contributed by atoms with Crippen molar-refractivity contribution in [3.05, 3.63) is 99.3 Å². The Balaban J connectivity index is 1.50. The van der Waals surface area contributed by atoms with Gasteiger partial charge in [0.05, 0.1) is 27.5 Å². The van der Waals surface area contributed by atoms with Gasteiger partial charge in [0.2, 0.25) is 0 Å². The molecule has 0 aliphatic carbocycles. The summed E-state index contributed by atoms with van der Waals surface area (Å²) in [6, 6.07) is 22.8. The summed E-state index contributed by atoms with van der Waals surface area (Å²) in [5, 5.41) is 7.12. The molecule has 0 unspecified atom stereocenters. The highest BCUT2D eigenvalue weighted by atomic mass is 35.5. The molecule has 5 rings (SSSR count). The number of fused-ring (bicyclic) bond motifs is 1. The van der Waals surface area contributed by atoms with Crippen LogP contribution in [0.5, 0.6) is 0 Å². The van der Waals surface area contributed by atoms with Crippen molar-refractivity contribution < 1.29 is 4.79 Å². The van der Waals surface area contributed by atoms with E-state index in [0.29, 0.717) is 26.4 Å². The number of nitrogens with one attached hydrogen (secondary N) is 1. The Morgan fingerprint density at radius 2 is 1.76 bits per heavy atom. The summed E-state index contributed by atoms with van der Waals surface area (Å²) < 4.78 is 0. The van der Waals surface area contributed by atoms with Crippen LogP contribution in [0.3, 0.4) is 0 Å². The number of nitrogens with zero attached hydrogens (tertiary/aromatic N) is 2. The molecular weight excluding hydrogens is 473 g/mol. The Labute approximate surface area is 204 Å². The zero-order valence-corrected chi connectivity index (χ0v) is 19.8. The van der Waals surface area contributed by atoms with Crippen molar-refractivity contribution in [2.45, 2.75) is 6.92 Å². The number of carbonyl (C=O) groups excluding carboxylic acids is 1. The van der Waals surface area contributed by atoms with E-state index in [9.17, 15) is 4.79 Å². The molecule has 4 nitrogen and oxygen atoms in total. The molecule has 0 radical (unpaired) electrons. The number of anilines is 1. The van der Waals surface area contributed by atoms with Crippen LogP contribution in [-0.4, -0.2) is 15.9 Å². The van der Waals surface area contributed by atoms with Crippen LogP contribution in [-0.2, 0) is 0 Å². The van der Waals surface area contributed by atoms with Crippen molar-refractivity contribution in [3.8, 4) is 22.5 Å². The Morgan fingerprint density at radius 3 is 2.58 bits per heavy atom. The average molecular weight is 490 g/mol. The summed E-state index contributed by atoms with van der Waals surface area (Å²) in [7, 11) is 0. The van der Waals surface area contributed by atoms with Crippen molar-refractivity contribution in [1.82, 2.24) is 9.97 Å². The Bertz CT molecular complexity index is 1510. The van der Waals surface area contributed by atoms with E-state index in [1.165, 1.54) is 11.3 Å². The van der Waals surface area contributed by atoms with Gasteiger partial charge in [-0.1, -0.05) is 65.2 Å². The van der Waals surface area contributed by atoms with Crippen LogP contribution >= 0.6 is 34.5 Å². The standard InChI is InChI=1S/C26H17Cl2N3OS/c1-15-5-4-6-16(11-15)23-13-20(18-7-2-3-8-22(18)29-23)25(32)31-26-30-24(14-33-26)19-10-9-17(27)12-21(19)28/h2-14H,1H3,(H,30,31,32). The maximum Gasteiger partial charge on any atom is 0.258 e. The highest BCUT2D eigenvalue weighted by Gasteiger charge is 2.16. The number of thiazole rings is 1. The van der Waals surface area contributed by atoms with Gasteiger partial charge in [0, 0.05) is 26.9 Å². The minimum Gasteiger partial charge on any atom is -0.298 e. The van der Waals surface area contributed by atoms with Gasteiger partial charge in [-0.15, -0.1) is 11.3 Å². The second kappa shape index (κ2) is 8.94. The maximum atomic E-state index is 13.3. The molecule has 3 aromatic carbocycles. The van der Waals surface area contributed by atoms with Gasteiger partial charge in [-0.25, -0.2) is 9.97 Å². The SMILES string of the molecule is Cc1cccc(-c2cc(C(=O)Nc3nc(-c4ccc(Cl)cc4Cl)cs3)c3ccccc3n2)c1. The van der Waals surface area contributed by atoms with Gasteiger partial charge in [0.1, 0.15) is 0 Å². The molecule has 0 fully saturated rings. The van der Waals surface area contributed by atoms with Crippen molar-refractivity contribution in [2.75, 3.05) is 5.32 Å². The summed E-state index contributed by atoms with van der Waals surface area (Å²) in [6.07, 6.45) is 0. The van der Waals surface area contributed by atoms with Gasteiger partial charge in [-0.05, 0) is 43.3 Å². The number of aromatic nitrogens is 2. The molecule has 2 heterocycles. The molecule has 0 atom stereocenters. The lowest BCUT2D eigenvalue weighted by Gasteiger charge is -2.10. The van der Waals surface area contributed by atoms with E-state index in [0.717, 1.165) is 33.3 Å². The third kappa shape index (κ3) is 4.48. The first-order chi connectivity index (χ1) is 16.0. The minimum atomic E-state index is -0.245. The van der Waals surface area contributed by atoms with Gasteiger partial charge in [-0.3, -0.25) is 10.1 Å². The van der Waals surface area contributed by atoms with Crippen LogP contribution in [0, 0.1) is 6.92 Å². The topological polar surface area (TPSA) is 54.9 Å². The fraction of sp³-hybridized carbons (Fsp3) is 0.0385. The van der Waals surface area contributed by atoms with Crippen LogP contribution in [0.4, 0.5) is 5.13 Å². The second-order valence-electron chi connectivity index (χ2n) is 7.56. The van der Waals surface area contributed by atoms with E-state index in [4.69, 9.17) is 28.2 Å². The van der Waals surface area contributed by atoms with Gasteiger partial charge in [0.25, 0.3) is 5.91 Å². The molecule has 0 saturated carbocycles. The third-order valence-electron chi connectivity index (χ3n) is 5.21. The smallest absolute Gasteiger partial charge is 0.258 e. The van der Waals surface area contributed by atoms with Crippen LogP contribution < -0.4 is 5.32 Å². The number of pyridine rings is 1. The number of carbonyl (C=O) groups is 1. The van der Waals surface area contributed by atoms with Gasteiger partial charge in [0.15, 0.2) is 5.13 Å². The van der Waals surface area contributed by atoms with Crippen LogP contribution in [0.1, 0.15) is 15.9 Å². The second-order valence-corrected chi connectivity index (χ2v) is 9.26. The largest absolute Gasteiger partial charge is 0.298 e. The summed E-state index contributed by atoms with van der Waals surface area (Å²) >= 11 is 13.6. The predicted octanol–water partition coefficient (Wildman–Crippen LogP) is 7.89. The van der Waals surface area contributed by atoms with Crippen molar-refractivity contribution in [2.24, 2.45) is 0 Å². The molecule has 5 aromatic rings. The van der Waals surface area contributed by atoms with E-state index in [2.05, 4.69) is 16.4 Å². The minimum absolute atomic E-state index is 0.245. The highest BCUT2D eigenvalue weighted by molar-refractivity contribution is 7.14. The third-order valence-corrected chi connectivity index (χ3v) is 6.51. The van der Waals surface area contributed by atoms with Gasteiger partial charge >= 0.3 is 0 Å². The zero-order chi connectivity index (χ0) is 22.9. The molecule has 0 saturated heterocycles. The summed E-state index contributed by atoms with van der Waals surface area (Å²) in [6.45, 7) is 2.03. The fourth-order valence-corrected chi connectivity index (χ4v) is 4.84. The zero-order valence-electron chi connectivity index (χ0n) is 17.5. The van der Waals surface area contributed by atoms with E-state index in [1.807, 2.05) is 66.9 Å². The van der Waals surface area contributed by atoms with Crippen LogP contribution in [0.15, 0.2) is 78.2 Å². The van der Waals surface area contributed by atoms with E-state index >= 15 is 0 Å². The molecule has 1 amide bonds. The maximum absolute atomic E-state index is 13.3. The molecule has 0 aliphatic heterocycles. The lowest BCUT2D eigenvalue weighted by atomic mass is 10.0. The van der Waals surface area contributed by atoms with Crippen molar-refractivity contribution in [3.63, 3.8) is 0 Å². The lowest BCUT2D eigenvalue weighted by molar-refractivity contribution is 0.102. The first kappa shape index (κ1) is 21.6. The summed E-state index contributed by atoms with van der Waals surface area (Å²) in [4.78, 5) is 22.7. The lowest BCUT2D eigenvalue weighted by Crippen LogP contribution is -2.13. The number of hydrogen-bond acceptors (Lipinski definition) is 4. The van der Waals surface area contributed by atoms with Crippen molar-refractivity contribution >= 4 is 56.5 Å². The monoisotopic (exact) mass is 489 g/mol. The fourth-order valence-electron chi connectivity index (χ4n) is 3.63. The molecule has 2 aromatic heterocycles. The van der Waals surface area contributed by atoms with Gasteiger partial charge < -0.3 is 0 Å². The number of benzene rings is 3.